The molecule has 1 atom stereocenters. The molecular formula is C12H8Cl2NO5P. The first-order valence-corrected chi connectivity index (χ1v) is 8.38. The molecular weight excluding hydrogens is 340 g/mol. The molecule has 9 heteroatoms. The van der Waals surface area contributed by atoms with Crippen molar-refractivity contribution in [3.05, 3.63) is 63.7 Å². The molecule has 0 aliphatic rings. The molecule has 21 heavy (non-hydrogen) atoms. The average molecular weight is 348 g/mol. The maximum absolute atomic E-state index is 12.1. The number of halogens is 2. The van der Waals surface area contributed by atoms with E-state index in [1.807, 2.05) is 0 Å². The van der Waals surface area contributed by atoms with Gasteiger partial charge in [0.2, 0.25) is 0 Å². The second-order valence-corrected chi connectivity index (χ2v) is 6.67. The van der Waals surface area contributed by atoms with Crippen molar-refractivity contribution >= 4 is 35.5 Å². The molecule has 0 bridgehead atoms. The number of nitrogens with zero attached hydrogens (tertiary/aromatic N) is 1. The van der Waals surface area contributed by atoms with E-state index in [-0.39, 0.29) is 22.2 Å². The number of para-hydroxylation sites is 1. The Kier molecular flexibility index (Phi) is 4.73. The van der Waals surface area contributed by atoms with E-state index in [2.05, 4.69) is 0 Å². The van der Waals surface area contributed by atoms with Crippen molar-refractivity contribution in [2.24, 2.45) is 0 Å². The maximum Gasteiger partial charge on any atom is 0.530 e. The lowest BCUT2D eigenvalue weighted by molar-refractivity contribution is -0.384. The summed E-state index contributed by atoms with van der Waals surface area (Å²) >= 11 is 11.6. The number of rotatable bonds is 5. The molecule has 0 heterocycles. The van der Waals surface area contributed by atoms with Gasteiger partial charge in [-0.25, -0.2) is 4.57 Å². The van der Waals surface area contributed by atoms with E-state index < -0.39 is 11.9 Å². The first-order chi connectivity index (χ1) is 9.87. The Morgan fingerprint density at radius 3 is 2.24 bits per heavy atom. The van der Waals surface area contributed by atoms with E-state index in [1.165, 1.54) is 30.3 Å². The third kappa shape index (κ3) is 4.36. The van der Waals surface area contributed by atoms with Crippen LogP contribution in [0.25, 0.3) is 0 Å². The molecule has 0 saturated carbocycles. The van der Waals surface area contributed by atoms with Crippen LogP contribution in [-0.4, -0.2) is 4.92 Å². The van der Waals surface area contributed by atoms with Crippen LogP contribution in [0.1, 0.15) is 0 Å². The standard InChI is InChI=1S/C12H8Cl2NO5P/c13-11-3-1-2-4-12(11)20-21(14,18)19-10-7-5-9(6-8-10)15(16)17/h1-8H. The van der Waals surface area contributed by atoms with Crippen molar-refractivity contribution in [1.29, 1.82) is 0 Å². The van der Waals surface area contributed by atoms with Gasteiger partial charge >= 0.3 is 6.95 Å². The van der Waals surface area contributed by atoms with Gasteiger partial charge in [-0.2, -0.15) is 0 Å². The molecule has 2 aromatic rings. The summed E-state index contributed by atoms with van der Waals surface area (Å²) in [6.07, 6.45) is 0. The van der Waals surface area contributed by atoms with Crippen LogP contribution in [0.15, 0.2) is 48.5 Å². The van der Waals surface area contributed by atoms with Crippen LogP contribution < -0.4 is 9.05 Å². The van der Waals surface area contributed by atoms with Crippen LogP contribution in [0.2, 0.25) is 5.02 Å². The number of benzene rings is 2. The Morgan fingerprint density at radius 1 is 1.05 bits per heavy atom. The zero-order valence-electron chi connectivity index (χ0n) is 10.3. The summed E-state index contributed by atoms with van der Waals surface area (Å²) in [5.41, 5.74) is -0.126. The van der Waals surface area contributed by atoms with Gasteiger partial charge in [-0.15, -0.1) is 0 Å². The van der Waals surface area contributed by atoms with Crippen molar-refractivity contribution < 1.29 is 18.5 Å². The fraction of sp³-hybridized carbons (Fsp3) is 0. The third-order valence-electron chi connectivity index (χ3n) is 2.31. The summed E-state index contributed by atoms with van der Waals surface area (Å²) in [7, 11) is 0. The second kappa shape index (κ2) is 6.35. The van der Waals surface area contributed by atoms with Crippen LogP contribution in [0.4, 0.5) is 5.69 Å². The first kappa shape index (κ1) is 15.6. The monoisotopic (exact) mass is 347 g/mol. The molecule has 0 radical (unpaired) electrons. The van der Waals surface area contributed by atoms with Crippen LogP contribution in [0.3, 0.4) is 0 Å². The number of nitro benzene ring substituents is 1. The van der Waals surface area contributed by atoms with E-state index in [9.17, 15) is 14.7 Å². The zero-order valence-corrected chi connectivity index (χ0v) is 12.7. The van der Waals surface area contributed by atoms with Gasteiger partial charge in [0, 0.05) is 23.4 Å². The fourth-order valence-corrected chi connectivity index (χ4v) is 2.90. The molecule has 0 amide bonds. The van der Waals surface area contributed by atoms with Gasteiger partial charge in [0.25, 0.3) is 5.69 Å². The second-order valence-electron chi connectivity index (χ2n) is 3.79. The summed E-state index contributed by atoms with van der Waals surface area (Å²) in [5.74, 6) is 0.186. The summed E-state index contributed by atoms with van der Waals surface area (Å²) in [6.45, 7) is -3.98. The largest absolute Gasteiger partial charge is 0.530 e. The Balaban J connectivity index is 2.12. The summed E-state index contributed by atoms with van der Waals surface area (Å²) in [4.78, 5) is 9.96. The SMILES string of the molecule is O=[N+]([O-])c1ccc(OP(=O)(Cl)Oc2ccccc2Cl)cc1. The first-order valence-electron chi connectivity index (χ1n) is 5.55. The maximum atomic E-state index is 12.1. The van der Waals surface area contributed by atoms with Crippen LogP contribution >= 0.6 is 29.8 Å². The topological polar surface area (TPSA) is 78.7 Å². The zero-order chi connectivity index (χ0) is 15.5. The fourth-order valence-electron chi connectivity index (χ4n) is 1.41. The smallest absolute Gasteiger partial charge is 0.405 e. The molecule has 1 unspecified atom stereocenters. The van der Waals surface area contributed by atoms with Crippen molar-refractivity contribution in [3.8, 4) is 11.5 Å². The van der Waals surface area contributed by atoms with Gasteiger partial charge in [-0.05, 0) is 24.3 Å². The minimum Gasteiger partial charge on any atom is -0.405 e. The van der Waals surface area contributed by atoms with Crippen molar-refractivity contribution in [2.75, 3.05) is 0 Å². The van der Waals surface area contributed by atoms with Gasteiger partial charge in [0.1, 0.15) is 11.5 Å². The molecule has 2 rings (SSSR count). The number of nitro groups is 1. The Bertz CT molecular complexity index is 707. The lowest BCUT2D eigenvalue weighted by Gasteiger charge is -2.14. The number of hydrogen-bond acceptors (Lipinski definition) is 5. The molecule has 0 aliphatic heterocycles. The van der Waals surface area contributed by atoms with Crippen molar-refractivity contribution in [2.45, 2.75) is 0 Å². The van der Waals surface area contributed by atoms with E-state index >= 15 is 0 Å². The highest BCUT2D eigenvalue weighted by molar-refractivity contribution is 7.82. The van der Waals surface area contributed by atoms with Crippen LogP contribution in [0, 0.1) is 10.1 Å². The molecule has 0 fully saturated rings. The third-order valence-corrected chi connectivity index (χ3v) is 3.88. The van der Waals surface area contributed by atoms with Crippen LogP contribution in [-0.2, 0) is 4.57 Å². The molecule has 0 saturated heterocycles. The minimum absolute atomic E-state index is 0.0750. The van der Waals surface area contributed by atoms with E-state index in [4.69, 9.17) is 31.9 Å². The van der Waals surface area contributed by atoms with Gasteiger partial charge < -0.3 is 9.05 Å². The van der Waals surface area contributed by atoms with Gasteiger partial charge in [-0.1, -0.05) is 23.7 Å². The van der Waals surface area contributed by atoms with Gasteiger partial charge in [0.15, 0.2) is 0 Å². The molecule has 0 N–H and O–H groups in total. The normalized spacial score (nSPS) is 13.2. The molecule has 0 aromatic heterocycles. The van der Waals surface area contributed by atoms with E-state index in [0.717, 1.165) is 0 Å². The summed E-state index contributed by atoms with van der Waals surface area (Å²) in [6, 6.07) is 11.3. The molecule has 6 nitrogen and oxygen atoms in total. The average Bonchev–Trinajstić information content (AvgIpc) is 2.41. The highest BCUT2D eigenvalue weighted by Gasteiger charge is 2.26. The Morgan fingerprint density at radius 2 is 1.67 bits per heavy atom. The highest BCUT2D eigenvalue weighted by atomic mass is 35.7. The number of hydrogen-bond donors (Lipinski definition) is 0. The number of non-ortho nitro benzene ring substituents is 1. The summed E-state index contributed by atoms with van der Waals surface area (Å²) in [5, 5.41) is 10.7. The Labute approximate surface area is 129 Å². The van der Waals surface area contributed by atoms with Gasteiger partial charge in [0.05, 0.1) is 9.95 Å². The lowest BCUT2D eigenvalue weighted by atomic mass is 10.3. The Hall–Kier alpha value is -1.75. The van der Waals surface area contributed by atoms with E-state index in [1.54, 1.807) is 18.2 Å². The predicted octanol–water partition coefficient (Wildman–Crippen LogP) is 5.05. The molecule has 110 valence electrons. The lowest BCUT2D eigenvalue weighted by Crippen LogP contribution is -1.96. The summed E-state index contributed by atoms with van der Waals surface area (Å²) < 4.78 is 22.1. The quantitative estimate of drug-likeness (QED) is 0.429. The highest BCUT2D eigenvalue weighted by Crippen LogP contribution is 2.54. The van der Waals surface area contributed by atoms with Gasteiger partial charge in [-0.3, -0.25) is 10.1 Å². The predicted molar refractivity (Wildman–Crippen MR) is 79.3 cm³/mol. The van der Waals surface area contributed by atoms with Crippen LogP contribution in [0.5, 0.6) is 11.5 Å². The van der Waals surface area contributed by atoms with E-state index in [0.29, 0.717) is 0 Å². The molecule has 0 aliphatic carbocycles. The molecule has 0 spiro atoms. The molecule has 2 aromatic carbocycles. The van der Waals surface area contributed by atoms with Crippen molar-refractivity contribution in [3.63, 3.8) is 0 Å². The minimum atomic E-state index is -3.98. The van der Waals surface area contributed by atoms with Crippen molar-refractivity contribution in [1.82, 2.24) is 0 Å².